The lowest BCUT2D eigenvalue weighted by atomic mass is 10.0. The van der Waals surface area contributed by atoms with Gasteiger partial charge in [-0.05, 0) is 37.5 Å². The number of fused-ring (bicyclic) bond motifs is 1. The smallest absolute Gasteiger partial charge is 0.305 e. The molecule has 1 aromatic rings. The van der Waals surface area contributed by atoms with Crippen molar-refractivity contribution < 1.29 is 9.90 Å². The van der Waals surface area contributed by atoms with Gasteiger partial charge in [0.1, 0.15) is 0 Å². The summed E-state index contributed by atoms with van der Waals surface area (Å²) >= 11 is 0. The normalized spacial score (nSPS) is 18.6. The maximum absolute atomic E-state index is 10.8. The van der Waals surface area contributed by atoms with Gasteiger partial charge in [-0.2, -0.15) is 0 Å². The van der Waals surface area contributed by atoms with Gasteiger partial charge in [0.25, 0.3) is 0 Å². The van der Waals surface area contributed by atoms with Crippen LogP contribution in [0.15, 0.2) is 18.2 Å². The molecule has 0 spiro atoms. The summed E-state index contributed by atoms with van der Waals surface area (Å²) in [5, 5.41) is 8.91. The number of rotatable bonds is 3. The van der Waals surface area contributed by atoms with Gasteiger partial charge >= 0.3 is 5.97 Å². The number of aryl methyl sites for hydroxylation is 1. The first-order chi connectivity index (χ1) is 7.63. The number of hydrogen-bond donors (Lipinski definition) is 1. The second-order valence-electron chi connectivity index (χ2n) is 4.31. The Morgan fingerprint density at radius 3 is 2.94 bits per heavy atom. The Bertz CT molecular complexity index is 414. The molecular formula is C13H17NO2. The lowest BCUT2D eigenvalue weighted by Gasteiger charge is -2.24. The van der Waals surface area contributed by atoms with Crippen LogP contribution in [-0.2, 0) is 11.2 Å². The third kappa shape index (κ3) is 1.77. The molecule has 0 aliphatic carbocycles. The van der Waals surface area contributed by atoms with Crippen molar-refractivity contribution >= 4 is 11.7 Å². The van der Waals surface area contributed by atoms with Gasteiger partial charge in [-0.25, -0.2) is 0 Å². The summed E-state index contributed by atoms with van der Waals surface area (Å²) in [5.74, 6) is -0.714. The highest BCUT2D eigenvalue weighted by molar-refractivity contribution is 5.71. The van der Waals surface area contributed by atoms with Crippen LogP contribution in [0.4, 0.5) is 5.69 Å². The number of hydrogen-bond acceptors (Lipinski definition) is 2. The Morgan fingerprint density at radius 1 is 1.56 bits per heavy atom. The van der Waals surface area contributed by atoms with Crippen LogP contribution in [0.1, 0.15) is 24.5 Å². The van der Waals surface area contributed by atoms with Gasteiger partial charge in [0, 0.05) is 18.3 Å². The number of nitrogens with zero attached hydrogens (tertiary/aromatic N) is 1. The number of likely N-dealkylation sites (N-methyl/N-ethyl adjacent to an activating group) is 1. The average Bonchev–Trinajstić information content (AvgIpc) is 2.56. The van der Waals surface area contributed by atoms with Crippen molar-refractivity contribution in [2.45, 2.75) is 32.7 Å². The predicted octanol–water partition coefficient (Wildman–Crippen LogP) is 2.22. The van der Waals surface area contributed by atoms with Crippen molar-refractivity contribution in [1.82, 2.24) is 0 Å². The largest absolute Gasteiger partial charge is 0.481 e. The summed E-state index contributed by atoms with van der Waals surface area (Å²) in [6.45, 7) is 5.04. The first kappa shape index (κ1) is 11.0. The van der Waals surface area contributed by atoms with E-state index >= 15 is 0 Å². The number of aliphatic carboxylic acids is 1. The summed E-state index contributed by atoms with van der Waals surface area (Å²) in [4.78, 5) is 13.0. The molecule has 3 nitrogen and oxygen atoms in total. The van der Waals surface area contributed by atoms with E-state index in [-0.39, 0.29) is 12.5 Å². The van der Waals surface area contributed by atoms with E-state index in [0.717, 1.165) is 13.0 Å². The van der Waals surface area contributed by atoms with Gasteiger partial charge in [0.05, 0.1) is 6.42 Å². The fourth-order valence-corrected chi connectivity index (χ4v) is 2.58. The van der Waals surface area contributed by atoms with Crippen LogP contribution in [0, 0.1) is 6.92 Å². The van der Waals surface area contributed by atoms with E-state index in [1.165, 1.54) is 16.8 Å². The zero-order valence-electron chi connectivity index (χ0n) is 9.73. The van der Waals surface area contributed by atoms with Crippen LogP contribution in [0.5, 0.6) is 0 Å². The molecule has 1 unspecified atom stereocenters. The molecule has 0 amide bonds. The van der Waals surface area contributed by atoms with Crippen molar-refractivity contribution in [1.29, 1.82) is 0 Å². The molecule has 0 radical (unpaired) electrons. The molecule has 1 heterocycles. The maximum atomic E-state index is 10.8. The summed E-state index contributed by atoms with van der Waals surface area (Å²) in [6, 6.07) is 6.35. The van der Waals surface area contributed by atoms with E-state index < -0.39 is 5.97 Å². The first-order valence-electron chi connectivity index (χ1n) is 5.70. The number of carboxylic acids is 1. The molecule has 0 fully saturated rings. The zero-order chi connectivity index (χ0) is 11.7. The van der Waals surface area contributed by atoms with Gasteiger partial charge in [0.2, 0.25) is 0 Å². The number of carbonyl (C=O) groups is 1. The van der Waals surface area contributed by atoms with Gasteiger partial charge in [-0.1, -0.05) is 12.1 Å². The molecule has 3 heteroatoms. The first-order valence-corrected chi connectivity index (χ1v) is 5.70. The number of anilines is 1. The molecule has 1 atom stereocenters. The van der Waals surface area contributed by atoms with Crippen molar-refractivity contribution in [3.8, 4) is 0 Å². The fraction of sp³-hybridized carbons (Fsp3) is 0.462. The number of benzene rings is 1. The second kappa shape index (κ2) is 4.16. The van der Waals surface area contributed by atoms with Crippen LogP contribution < -0.4 is 4.90 Å². The van der Waals surface area contributed by atoms with Crippen LogP contribution >= 0.6 is 0 Å². The van der Waals surface area contributed by atoms with Gasteiger partial charge in [-0.15, -0.1) is 0 Å². The Morgan fingerprint density at radius 2 is 2.31 bits per heavy atom. The Labute approximate surface area is 95.7 Å². The van der Waals surface area contributed by atoms with Gasteiger partial charge in [0.15, 0.2) is 0 Å². The molecular weight excluding hydrogens is 202 g/mol. The monoisotopic (exact) mass is 219 g/mol. The van der Waals surface area contributed by atoms with Gasteiger partial charge in [-0.3, -0.25) is 4.79 Å². The maximum Gasteiger partial charge on any atom is 0.305 e. The minimum atomic E-state index is -0.714. The van der Waals surface area contributed by atoms with E-state index in [2.05, 4.69) is 30.9 Å². The minimum Gasteiger partial charge on any atom is -0.481 e. The summed E-state index contributed by atoms with van der Waals surface area (Å²) in [7, 11) is 0. The van der Waals surface area contributed by atoms with Crippen LogP contribution in [0.3, 0.4) is 0 Å². The Hall–Kier alpha value is -1.51. The summed E-state index contributed by atoms with van der Waals surface area (Å²) < 4.78 is 0. The molecule has 0 saturated carbocycles. The molecule has 1 N–H and O–H groups in total. The average molecular weight is 219 g/mol. The lowest BCUT2D eigenvalue weighted by Crippen LogP contribution is -2.33. The van der Waals surface area contributed by atoms with E-state index in [1.807, 2.05) is 6.07 Å². The van der Waals surface area contributed by atoms with Crippen molar-refractivity contribution in [3.05, 3.63) is 29.3 Å². The Balaban J connectivity index is 2.32. The Kier molecular flexibility index (Phi) is 2.86. The highest BCUT2D eigenvalue weighted by Crippen LogP contribution is 2.35. The molecule has 1 aromatic carbocycles. The lowest BCUT2D eigenvalue weighted by molar-refractivity contribution is -0.137. The molecule has 2 rings (SSSR count). The van der Waals surface area contributed by atoms with Crippen LogP contribution in [0.2, 0.25) is 0 Å². The van der Waals surface area contributed by atoms with Gasteiger partial charge < -0.3 is 10.0 Å². The molecule has 0 aromatic heterocycles. The van der Waals surface area contributed by atoms with Crippen molar-refractivity contribution in [2.75, 3.05) is 11.4 Å². The fourth-order valence-electron chi connectivity index (χ4n) is 2.58. The third-order valence-corrected chi connectivity index (χ3v) is 3.33. The van der Waals surface area contributed by atoms with E-state index in [0.29, 0.717) is 0 Å². The molecule has 86 valence electrons. The topological polar surface area (TPSA) is 40.5 Å². The number of carboxylic acid groups (broad SMARTS) is 1. The summed E-state index contributed by atoms with van der Waals surface area (Å²) in [6.07, 6.45) is 1.09. The zero-order valence-corrected chi connectivity index (χ0v) is 9.73. The van der Waals surface area contributed by atoms with Crippen molar-refractivity contribution in [3.63, 3.8) is 0 Å². The van der Waals surface area contributed by atoms with Crippen LogP contribution in [-0.4, -0.2) is 23.7 Å². The van der Waals surface area contributed by atoms with E-state index in [1.54, 1.807) is 0 Å². The predicted molar refractivity (Wildman–Crippen MR) is 63.9 cm³/mol. The van der Waals surface area contributed by atoms with E-state index in [9.17, 15) is 4.79 Å². The molecule has 1 aliphatic heterocycles. The molecule has 16 heavy (non-hydrogen) atoms. The molecule has 0 saturated heterocycles. The summed E-state index contributed by atoms with van der Waals surface area (Å²) in [5.41, 5.74) is 3.80. The highest BCUT2D eigenvalue weighted by atomic mass is 16.4. The quantitative estimate of drug-likeness (QED) is 0.847. The second-order valence-corrected chi connectivity index (χ2v) is 4.31. The molecule has 0 bridgehead atoms. The standard InChI is InChI=1S/C13H17NO2/c1-3-14-10(8-13(15)16)7-11-9(2)5-4-6-12(11)14/h4-6,10H,3,7-8H2,1-2H3,(H,15,16). The van der Waals surface area contributed by atoms with Crippen molar-refractivity contribution in [2.24, 2.45) is 0 Å². The molecule has 1 aliphatic rings. The third-order valence-electron chi connectivity index (χ3n) is 3.33. The minimum absolute atomic E-state index is 0.124. The highest BCUT2D eigenvalue weighted by Gasteiger charge is 2.30. The SMILES string of the molecule is CCN1c2cccc(C)c2CC1CC(=O)O. The van der Waals surface area contributed by atoms with E-state index in [4.69, 9.17) is 5.11 Å². The van der Waals surface area contributed by atoms with Crippen LogP contribution in [0.25, 0.3) is 0 Å².